The Hall–Kier alpha value is -1.73. The molecule has 7 heteroatoms. The van der Waals surface area contributed by atoms with Crippen molar-refractivity contribution in [2.45, 2.75) is 24.7 Å². The number of Topliss-reactive ketones (excluding diaryl/α,β-unsaturated/α-hetero) is 1. The molecule has 1 N–H and O–H groups in total. The molecule has 6 nitrogen and oxygen atoms in total. The van der Waals surface area contributed by atoms with Gasteiger partial charge in [0.05, 0.1) is 5.41 Å². The lowest BCUT2D eigenvalue weighted by molar-refractivity contribution is -0.141. The number of nitrogens with one attached hydrogen (secondary N) is 1. The standard InChI is InChI=1S/C19H24BrN3O3/c1-22-7-9-23(10-8-22)17(25)5-6-21-18(26)19(12-16(24)13-19)14-3-2-4-15(20)11-14/h2-4,11H,5-10,12-13H2,1H3,(H,21,26). The van der Waals surface area contributed by atoms with Crippen LogP contribution < -0.4 is 5.32 Å². The Labute approximate surface area is 162 Å². The van der Waals surface area contributed by atoms with Crippen LogP contribution in [0, 0.1) is 0 Å². The van der Waals surface area contributed by atoms with Gasteiger partial charge in [0.2, 0.25) is 11.8 Å². The number of rotatable bonds is 5. The third-order valence-corrected chi connectivity index (χ3v) is 5.78. The predicted molar refractivity (Wildman–Crippen MR) is 102 cm³/mol. The number of amides is 2. The van der Waals surface area contributed by atoms with Crippen molar-refractivity contribution in [1.82, 2.24) is 15.1 Å². The monoisotopic (exact) mass is 421 g/mol. The molecule has 0 aromatic heterocycles. The van der Waals surface area contributed by atoms with Crippen LogP contribution in [0.4, 0.5) is 0 Å². The first-order chi connectivity index (χ1) is 12.4. The van der Waals surface area contributed by atoms with E-state index in [0.29, 0.717) is 6.54 Å². The molecule has 0 bridgehead atoms. The van der Waals surface area contributed by atoms with Gasteiger partial charge in [-0.3, -0.25) is 14.4 Å². The van der Waals surface area contributed by atoms with Gasteiger partial charge in [-0.05, 0) is 24.7 Å². The summed E-state index contributed by atoms with van der Waals surface area (Å²) < 4.78 is 0.881. The van der Waals surface area contributed by atoms with Gasteiger partial charge in [-0.1, -0.05) is 28.1 Å². The summed E-state index contributed by atoms with van der Waals surface area (Å²) in [4.78, 5) is 40.8. The lowest BCUT2D eigenvalue weighted by Gasteiger charge is -2.39. The molecule has 3 rings (SSSR count). The molecular formula is C19H24BrN3O3. The highest BCUT2D eigenvalue weighted by Gasteiger charge is 2.51. The van der Waals surface area contributed by atoms with Crippen LogP contribution in [0.5, 0.6) is 0 Å². The van der Waals surface area contributed by atoms with Crippen molar-refractivity contribution >= 4 is 33.5 Å². The molecule has 0 radical (unpaired) electrons. The topological polar surface area (TPSA) is 69.7 Å². The number of nitrogens with zero attached hydrogens (tertiary/aromatic N) is 2. The summed E-state index contributed by atoms with van der Waals surface area (Å²) in [5, 5.41) is 2.88. The van der Waals surface area contributed by atoms with Crippen molar-refractivity contribution in [2.75, 3.05) is 39.8 Å². The number of halogens is 1. The summed E-state index contributed by atoms with van der Waals surface area (Å²) in [6.45, 7) is 3.53. The van der Waals surface area contributed by atoms with Crippen molar-refractivity contribution in [3.05, 3.63) is 34.3 Å². The van der Waals surface area contributed by atoms with Gasteiger partial charge in [0.15, 0.2) is 0 Å². The van der Waals surface area contributed by atoms with Crippen LogP contribution in [0.3, 0.4) is 0 Å². The van der Waals surface area contributed by atoms with Gasteiger partial charge in [-0.2, -0.15) is 0 Å². The fourth-order valence-electron chi connectivity index (χ4n) is 3.57. The van der Waals surface area contributed by atoms with Crippen LogP contribution >= 0.6 is 15.9 Å². The van der Waals surface area contributed by atoms with E-state index in [1.165, 1.54) is 0 Å². The first-order valence-corrected chi connectivity index (χ1v) is 9.72. The average molecular weight is 422 g/mol. The molecule has 0 unspecified atom stereocenters. The van der Waals surface area contributed by atoms with E-state index in [2.05, 4.69) is 26.1 Å². The molecule has 26 heavy (non-hydrogen) atoms. The Bertz CT molecular complexity index is 706. The van der Waals surface area contributed by atoms with E-state index in [4.69, 9.17) is 0 Å². The zero-order valence-corrected chi connectivity index (χ0v) is 16.5. The van der Waals surface area contributed by atoms with Crippen LogP contribution in [-0.4, -0.2) is 67.2 Å². The molecule has 140 valence electrons. The Kier molecular flexibility index (Phi) is 5.77. The maximum absolute atomic E-state index is 12.8. The average Bonchev–Trinajstić information content (AvgIpc) is 2.59. The lowest BCUT2D eigenvalue weighted by atomic mass is 9.63. The molecule has 1 aromatic rings. The van der Waals surface area contributed by atoms with E-state index in [-0.39, 0.29) is 36.9 Å². The Morgan fingerprint density at radius 2 is 1.88 bits per heavy atom. The molecule has 2 aliphatic rings. The third-order valence-electron chi connectivity index (χ3n) is 5.29. The van der Waals surface area contributed by atoms with Gasteiger partial charge in [-0.15, -0.1) is 0 Å². The smallest absolute Gasteiger partial charge is 0.231 e. The first kappa shape index (κ1) is 19.0. The number of hydrogen-bond donors (Lipinski definition) is 1. The van der Waals surface area contributed by atoms with E-state index < -0.39 is 5.41 Å². The molecule has 1 aliphatic carbocycles. The second-order valence-electron chi connectivity index (χ2n) is 7.17. The van der Waals surface area contributed by atoms with Gasteiger partial charge in [0.1, 0.15) is 5.78 Å². The fraction of sp³-hybridized carbons (Fsp3) is 0.526. The van der Waals surface area contributed by atoms with Crippen LogP contribution in [0.2, 0.25) is 0 Å². The molecule has 0 atom stereocenters. The molecule has 1 saturated heterocycles. The van der Waals surface area contributed by atoms with Gasteiger partial charge < -0.3 is 15.1 Å². The molecule has 1 heterocycles. The summed E-state index contributed by atoms with van der Waals surface area (Å²) in [5.41, 5.74) is 0.0481. The largest absolute Gasteiger partial charge is 0.355 e. The molecule has 1 aromatic carbocycles. The van der Waals surface area contributed by atoms with Gasteiger partial charge in [0, 0.05) is 56.5 Å². The Balaban J connectivity index is 1.56. The summed E-state index contributed by atoms with van der Waals surface area (Å²) in [6.07, 6.45) is 0.737. The normalized spacial score (nSPS) is 19.8. The van der Waals surface area contributed by atoms with E-state index in [9.17, 15) is 14.4 Å². The van der Waals surface area contributed by atoms with Crippen molar-refractivity contribution in [2.24, 2.45) is 0 Å². The second kappa shape index (κ2) is 7.88. The fourth-order valence-corrected chi connectivity index (χ4v) is 3.97. The van der Waals surface area contributed by atoms with E-state index in [0.717, 1.165) is 36.2 Å². The molecule has 2 amide bonds. The molecular weight excluding hydrogens is 398 g/mol. The van der Waals surface area contributed by atoms with E-state index in [1.54, 1.807) is 0 Å². The molecule has 2 fully saturated rings. The third kappa shape index (κ3) is 3.99. The quantitative estimate of drug-likeness (QED) is 0.778. The predicted octanol–water partition coefficient (Wildman–Crippen LogP) is 1.33. The highest BCUT2D eigenvalue weighted by atomic mass is 79.9. The SMILES string of the molecule is CN1CCN(C(=O)CCNC(=O)C2(c3cccc(Br)c3)CC(=O)C2)CC1. The van der Waals surface area contributed by atoms with Gasteiger partial charge in [-0.25, -0.2) is 0 Å². The Morgan fingerprint density at radius 1 is 1.19 bits per heavy atom. The Morgan fingerprint density at radius 3 is 2.50 bits per heavy atom. The van der Waals surface area contributed by atoms with Crippen LogP contribution in [0.25, 0.3) is 0 Å². The maximum Gasteiger partial charge on any atom is 0.231 e. The van der Waals surface area contributed by atoms with Crippen LogP contribution in [0.1, 0.15) is 24.8 Å². The van der Waals surface area contributed by atoms with Crippen molar-refractivity contribution < 1.29 is 14.4 Å². The van der Waals surface area contributed by atoms with E-state index in [1.807, 2.05) is 36.2 Å². The number of benzene rings is 1. The minimum absolute atomic E-state index is 0.0691. The van der Waals surface area contributed by atoms with Crippen LogP contribution in [0.15, 0.2) is 28.7 Å². The van der Waals surface area contributed by atoms with E-state index >= 15 is 0 Å². The summed E-state index contributed by atoms with van der Waals surface area (Å²) in [6, 6.07) is 7.53. The van der Waals surface area contributed by atoms with Gasteiger partial charge in [0.25, 0.3) is 0 Å². The maximum atomic E-state index is 12.8. The van der Waals surface area contributed by atoms with Crippen LogP contribution in [-0.2, 0) is 19.8 Å². The summed E-state index contributed by atoms with van der Waals surface area (Å²) in [5.74, 6) is -0.00499. The minimum Gasteiger partial charge on any atom is -0.355 e. The van der Waals surface area contributed by atoms with Gasteiger partial charge >= 0.3 is 0 Å². The van der Waals surface area contributed by atoms with Crippen molar-refractivity contribution in [3.8, 4) is 0 Å². The number of ketones is 1. The number of carbonyl (C=O) groups excluding carboxylic acids is 3. The second-order valence-corrected chi connectivity index (χ2v) is 8.09. The zero-order valence-electron chi connectivity index (χ0n) is 15.0. The highest BCUT2D eigenvalue weighted by Crippen LogP contribution is 2.42. The van der Waals surface area contributed by atoms with Crippen molar-refractivity contribution in [1.29, 1.82) is 0 Å². The molecule has 0 spiro atoms. The summed E-state index contributed by atoms with van der Waals surface area (Å²) in [7, 11) is 2.04. The highest BCUT2D eigenvalue weighted by molar-refractivity contribution is 9.10. The first-order valence-electron chi connectivity index (χ1n) is 8.93. The number of hydrogen-bond acceptors (Lipinski definition) is 4. The van der Waals surface area contributed by atoms with Crippen molar-refractivity contribution in [3.63, 3.8) is 0 Å². The number of piperazine rings is 1. The summed E-state index contributed by atoms with van der Waals surface area (Å²) >= 11 is 3.42. The molecule has 1 aliphatic heterocycles. The number of likely N-dealkylation sites (N-methyl/N-ethyl adjacent to an activating group) is 1. The molecule has 1 saturated carbocycles. The lowest BCUT2D eigenvalue weighted by Crippen LogP contribution is -2.54. The minimum atomic E-state index is -0.794. The zero-order chi connectivity index (χ0) is 18.7. The number of carbonyl (C=O) groups is 3.